The number of rotatable bonds is 8. The molecule has 7 nitrogen and oxygen atoms in total. The van der Waals surface area contributed by atoms with Crippen LogP contribution in [0.15, 0.2) is 47.6 Å². The molecule has 1 aromatic heterocycles. The molecule has 0 saturated carbocycles. The first kappa shape index (κ1) is 23.7. The van der Waals surface area contributed by atoms with E-state index in [1.807, 2.05) is 24.5 Å². The van der Waals surface area contributed by atoms with Crippen molar-refractivity contribution in [3.63, 3.8) is 0 Å². The van der Waals surface area contributed by atoms with Crippen LogP contribution in [0.1, 0.15) is 41.6 Å². The molecule has 3 aromatic rings. The van der Waals surface area contributed by atoms with Crippen LogP contribution in [0.25, 0.3) is 0 Å². The lowest BCUT2D eigenvalue weighted by molar-refractivity contribution is -0.113. The summed E-state index contributed by atoms with van der Waals surface area (Å²) < 4.78 is 15.7. The molecular formula is C22H23ClFN5O2S. The Bertz CT molecular complexity index is 1140. The molecule has 0 spiro atoms. The molecule has 0 aliphatic rings. The number of hydrogen-bond acceptors (Lipinski definition) is 5. The zero-order valence-corrected chi connectivity index (χ0v) is 19.4. The van der Waals surface area contributed by atoms with Crippen LogP contribution in [0.2, 0.25) is 5.02 Å². The fourth-order valence-corrected chi connectivity index (χ4v) is 4.00. The zero-order valence-electron chi connectivity index (χ0n) is 17.9. The van der Waals surface area contributed by atoms with E-state index < -0.39 is 17.8 Å². The Labute approximate surface area is 194 Å². The van der Waals surface area contributed by atoms with Gasteiger partial charge in [0.1, 0.15) is 5.82 Å². The van der Waals surface area contributed by atoms with Gasteiger partial charge in [0.15, 0.2) is 11.0 Å². The van der Waals surface area contributed by atoms with Crippen molar-refractivity contribution in [2.45, 2.75) is 38.5 Å². The monoisotopic (exact) mass is 475 g/mol. The van der Waals surface area contributed by atoms with E-state index in [-0.39, 0.29) is 17.2 Å². The predicted molar refractivity (Wildman–Crippen MR) is 124 cm³/mol. The van der Waals surface area contributed by atoms with Crippen molar-refractivity contribution in [1.82, 2.24) is 20.1 Å². The van der Waals surface area contributed by atoms with Gasteiger partial charge in [-0.3, -0.25) is 9.59 Å². The predicted octanol–water partition coefficient (Wildman–Crippen LogP) is 4.62. The van der Waals surface area contributed by atoms with Crippen molar-refractivity contribution in [3.05, 3.63) is 70.3 Å². The van der Waals surface area contributed by atoms with Crippen molar-refractivity contribution in [1.29, 1.82) is 0 Å². The molecule has 1 atom stereocenters. The Balaban J connectivity index is 1.63. The summed E-state index contributed by atoms with van der Waals surface area (Å²) in [7, 11) is 0. The Kier molecular flexibility index (Phi) is 7.87. The van der Waals surface area contributed by atoms with Crippen molar-refractivity contribution >= 4 is 40.9 Å². The number of nitrogens with one attached hydrogen (secondary N) is 2. The Morgan fingerprint density at radius 1 is 1.22 bits per heavy atom. The summed E-state index contributed by atoms with van der Waals surface area (Å²) in [5.41, 5.74) is 1.51. The Morgan fingerprint density at radius 3 is 2.66 bits per heavy atom. The van der Waals surface area contributed by atoms with Gasteiger partial charge in [-0.25, -0.2) is 4.39 Å². The molecule has 10 heteroatoms. The smallest absolute Gasteiger partial charge is 0.254 e. The highest BCUT2D eigenvalue weighted by Gasteiger charge is 2.21. The first-order valence-corrected chi connectivity index (χ1v) is 11.3. The summed E-state index contributed by atoms with van der Waals surface area (Å²) in [6, 6.07) is 10.6. The second-order valence-corrected chi connectivity index (χ2v) is 8.41. The molecule has 2 N–H and O–H groups in total. The SMILES string of the molecule is CCn1c(SCC(=O)Nc2ccc(C)c(Cl)c2)nnc1[C@H](C)NC(=O)c1ccccc1F. The van der Waals surface area contributed by atoms with E-state index in [2.05, 4.69) is 20.8 Å². The fourth-order valence-electron chi connectivity index (χ4n) is 3.01. The van der Waals surface area contributed by atoms with E-state index >= 15 is 0 Å². The summed E-state index contributed by atoms with van der Waals surface area (Å²) in [6.45, 7) is 6.09. The molecule has 3 rings (SSSR count). The molecule has 0 unspecified atom stereocenters. The van der Waals surface area contributed by atoms with Crippen LogP contribution in [0.3, 0.4) is 0 Å². The average molecular weight is 476 g/mol. The number of aromatic nitrogens is 3. The van der Waals surface area contributed by atoms with E-state index in [9.17, 15) is 14.0 Å². The van der Waals surface area contributed by atoms with E-state index in [4.69, 9.17) is 11.6 Å². The van der Waals surface area contributed by atoms with Gasteiger partial charge in [-0.1, -0.05) is 41.6 Å². The number of aryl methyl sites for hydroxylation is 1. The second kappa shape index (κ2) is 10.6. The number of amides is 2. The topological polar surface area (TPSA) is 88.9 Å². The summed E-state index contributed by atoms with van der Waals surface area (Å²) in [5.74, 6) is -0.689. The molecule has 0 fully saturated rings. The third-order valence-electron chi connectivity index (χ3n) is 4.70. The van der Waals surface area contributed by atoms with E-state index in [0.29, 0.717) is 28.2 Å². The Hall–Kier alpha value is -2.91. The number of hydrogen-bond donors (Lipinski definition) is 2. The largest absolute Gasteiger partial charge is 0.342 e. The van der Waals surface area contributed by atoms with Gasteiger partial charge >= 0.3 is 0 Å². The van der Waals surface area contributed by atoms with Crippen molar-refractivity contribution in [2.75, 3.05) is 11.1 Å². The van der Waals surface area contributed by atoms with Gasteiger partial charge in [-0.15, -0.1) is 10.2 Å². The standard InChI is InChI=1S/C22H23ClFN5O2S/c1-4-29-20(14(3)25-21(31)16-7-5-6-8-18(16)24)27-28-22(29)32-12-19(30)26-15-10-9-13(2)17(23)11-15/h5-11,14H,4,12H2,1-3H3,(H,25,31)(H,26,30)/t14-/m0/s1. The minimum absolute atomic E-state index is 0.0376. The van der Waals surface area contributed by atoms with Crippen LogP contribution >= 0.6 is 23.4 Å². The zero-order chi connectivity index (χ0) is 23.3. The number of thioether (sulfide) groups is 1. The number of halogens is 2. The van der Waals surface area contributed by atoms with E-state index in [1.54, 1.807) is 25.1 Å². The van der Waals surface area contributed by atoms with Crippen LogP contribution < -0.4 is 10.6 Å². The third kappa shape index (κ3) is 5.66. The summed E-state index contributed by atoms with van der Waals surface area (Å²) >= 11 is 7.33. The van der Waals surface area contributed by atoms with Gasteiger partial charge in [0, 0.05) is 17.3 Å². The maximum absolute atomic E-state index is 13.9. The highest BCUT2D eigenvalue weighted by molar-refractivity contribution is 7.99. The van der Waals surface area contributed by atoms with Gasteiger partial charge < -0.3 is 15.2 Å². The maximum atomic E-state index is 13.9. The minimum atomic E-state index is -0.591. The van der Waals surface area contributed by atoms with E-state index in [0.717, 1.165) is 5.56 Å². The molecule has 32 heavy (non-hydrogen) atoms. The van der Waals surface area contributed by atoms with Crippen molar-refractivity contribution < 1.29 is 14.0 Å². The summed E-state index contributed by atoms with van der Waals surface area (Å²) in [5, 5.41) is 15.0. The molecule has 0 radical (unpaired) electrons. The molecule has 2 aromatic carbocycles. The van der Waals surface area contributed by atoms with Gasteiger partial charge in [0.25, 0.3) is 5.91 Å². The average Bonchev–Trinajstić information content (AvgIpc) is 3.18. The number of benzene rings is 2. The number of carbonyl (C=O) groups excluding carboxylic acids is 2. The van der Waals surface area contributed by atoms with Gasteiger partial charge in [-0.2, -0.15) is 0 Å². The van der Waals surface area contributed by atoms with Gasteiger partial charge in [0.2, 0.25) is 5.91 Å². The highest BCUT2D eigenvalue weighted by atomic mass is 35.5. The first-order valence-electron chi connectivity index (χ1n) is 9.97. The fraction of sp³-hybridized carbons (Fsp3) is 0.273. The molecule has 0 bridgehead atoms. The molecule has 0 aliphatic carbocycles. The van der Waals surface area contributed by atoms with Crippen LogP contribution in [-0.4, -0.2) is 32.3 Å². The molecule has 1 heterocycles. The highest BCUT2D eigenvalue weighted by Crippen LogP contribution is 2.23. The van der Waals surface area contributed by atoms with Crippen molar-refractivity contribution in [3.8, 4) is 0 Å². The lowest BCUT2D eigenvalue weighted by atomic mass is 10.2. The summed E-state index contributed by atoms with van der Waals surface area (Å²) in [4.78, 5) is 24.7. The van der Waals surface area contributed by atoms with Crippen LogP contribution in [-0.2, 0) is 11.3 Å². The lowest BCUT2D eigenvalue weighted by Crippen LogP contribution is -2.29. The quantitative estimate of drug-likeness (QED) is 0.464. The minimum Gasteiger partial charge on any atom is -0.342 e. The molecule has 168 valence electrons. The number of nitrogens with zero attached hydrogens (tertiary/aromatic N) is 3. The second-order valence-electron chi connectivity index (χ2n) is 7.06. The molecule has 2 amide bonds. The van der Waals surface area contributed by atoms with E-state index in [1.165, 1.54) is 30.0 Å². The third-order valence-corrected chi connectivity index (χ3v) is 6.08. The van der Waals surface area contributed by atoms with Crippen LogP contribution in [0, 0.1) is 12.7 Å². The van der Waals surface area contributed by atoms with Crippen LogP contribution in [0.4, 0.5) is 10.1 Å². The molecular weight excluding hydrogens is 453 g/mol. The summed E-state index contributed by atoms with van der Waals surface area (Å²) in [6.07, 6.45) is 0. The lowest BCUT2D eigenvalue weighted by Gasteiger charge is -2.15. The number of carbonyl (C=O) groups is 2. The normalized spacial score (nSPS) is 11.8. The Morgan fingerprint density at radius 2 is 1.97 bits per heavy atom. The first-order chi connectivity index (χ1) is 15.3. The van der Waals surface area contributed by atoms with Gasteiger partial charge in [-0.05, 0) is 50.6 Å². The number of anilines is 1. The van der Waals surface area contributed by atoms with Crippen LogP contribution in [0.5, 0.6) is 0 Å². The molecule has 0 saturated heterocycles. The molecule has 0 aliphatic heterocycles. The van der Waals surface area contributed by atoms with Gasteiger partial charge in [0.05, 0.1) is 17.4 Å². The maximum Gasteiger partial charge on any atom is 0.254 e. The van der Waals surface area contributed by atoms with Crippen molar-refractivity contribution in [2.24, 2.45) is 0 Å².